The van der Waals surface area contributed by atoms with Gasteiger partial charge in [0, 0.05) is 48.9 Å². The van der Waals surface area contributed by atoms with Crippen molar-refractivity contribution in [2.45, 2.75) is 38.8 Å². The lowest BCUT2D eigenvalue weighted by Crippen LogP contribution is -2.51. The normalized spacial score (nSPS) is 21.5. The molecule has 2 amide bonds. The minimum atomic E-state index is -0.117. The number of nitrogens with zero attached hydrogens (tertiary/aromatic N) is 3. The van der Waals surface area contributed by atoms with Crippen molar-refractivity contribution in [1.29, 1.82) is 5.26 Å². The van der Waals surface area contributed by atoms with Crippen LogP contribution < -0.4 is 15.5 Å². The van der Waals surface area contributed by atoms with Gasteiger partial charge in [0.2, 0.25) is 5.91 Å². The zero-order valence-electron chi connectivity index (χ0n) is 20.3. The number of likely N-dealkylation sites (N-methyl/N-ethyl adjacent to an activating group) is 1. The number of amides is 2. The quantitative estimate of drug-likeness (QED) is 0.658. The Morgan fingerprint density at radius 3 is 2.44 bits per heavy atom. The molecule has 1 saturated carbocycles. The van der Waals surface area contributed by atoms with Crippen LogP contribution >= 0.6 is 0 Å². The van der Waals surface area contributed by atoms with Crippen molar-refractivity contribution < 1.29 is 9.59 Å². The van der Waals surface area contributed by atoms with Gasteiger partial charge in [-0.3, -0.25) is 9.59 Å². The SMILES string of the molecule is CC(=O)N1c2ccc(C(=O)NCCN(C)C)cc2[C@H](Nc2ccc(C#N)cc2)[C@@H](C)[C@@H]1C1CC1. The molecule has 2 aromatic rings. The fourth-order valence-electron chi connectivity index (χ4n) is 5.02. The zero-order chi connectivity index (χ0) is 24.4. The van der Waals surface area contributed by atoms with Crippen molar-refractivity contribution >= 4 is 23.2 Å². The second-order valence-electron chi connectivity index (χ2n) is 9.72. The summed E-state index contributed by atoms with van der Waals surface area (Å²) in [5.74, 6) is 0.552. The van der Waals surface area contributed by atoms with Crippen LogP contribution in [0.25, 0.3) is 0 Å². The highest BCUT2D eigenvalue weighted by molar-refractivity contribution is 5.98. The molecular weight excluding hydrogens is 426 g/mol. The average molecular weight is 460 g/mol. The third-order valence-electron chi connectivity index (χ3n) is 6.87. The number of rotatable bonds is 7. The summed E-state index contributed by atoms with van der Waals surface area (Å²) >= 11 is 0. The summed E-state index contributed by atoms with van der Waals surface area (Å²) < 4.78 is 0. The number of nitriles is 1. The van der Waals surface area contributed by atoms with Gasteiger partial charge in [-0.2, -0.15) is 5.26 Å². The lowest BCUT2D eigenvalue weighted by molar-refractivity contribution is -0.117. The number of carbonyl (C=O) groups excluding carboxylic acids is 2. The Hall–Kier alpha value is -3.37. The molecule has 0 aromatic heterocycles. The van der Waals surface area contributed by atoms with Crippen LogP contribution in [-0.4, -0.2) is 49.9 Å². The second kappa shape index (κ2) is 9.86. The van der Waals surface area contributed by atoms with Crippen molar-refractivity contribution in [2.75, 3.05) is 37.4 Å². The second-order valence-corrected chi connectivity index (χ2v) is 9.72. The Bertz CT molecular complexity index is 1100. The monoisotopic (exact) mass is 459 g/mol. The lowest BCUT2D eigenvalue weighted by Gasteiger charge is -2.46. The maximum Gasteiger partial charge on any atom is 0.251 e. The molecule has 7 nitrogen and oxygen atoms in total. The van der Waals surface area contributed by atoms with Crippen LogP contribution in [0.3, 0.4) is 0 Å². The molecule has 1 fully saturated rings. The minimum Gasteiger partial charge on any atom is -0.378 e. The van der Waals surface area contributed by atoms with Crippen LogP contribution in [0.1, 0.15) is 54.2 Å². The van der Waals surface area contributed by atoms with Gasteiger partial charge in [0.15, 0.2) is 0 Å². The van der Waals surface area contributed by atoms with Crippen molar-refractivity contribution in [3.63, 3.8) is 0 Å². The maximum atomic E-state index is 12.9. The van der Waals surface area contributed by atoms with Gasteiger partial charge < -0.3 is 20.4 Å². The van der Waals surface area contributed by atoms with Crippen LogP contribution in [0.4, 0.5) is 11.4 Å². The van der Waals surface area contributed by atoms with Gasteiger partial charge in [0.05, 0.1) is 17.7 Å². The molecule has 3 atom stereocenters. The first kappa shape index (κ1) is 23.8. The van der Waals surface area contributed by atoms with E-state index >= 15 is 0 Å². The fourth-order valence-corrected chi connectivity index (χ4v) is 5.02. The minimum absolute atomic E-state index is 0.0324. The van der Waals surface area contributed by atoms with E-state index < -0.39 is 0 Å². The van der Waals surface area contributed by atoms with Gasteiger partial charge in [-0.05, 0) is 80.9 Å². The summed E-state index contributed by atoms with van der Waals surface area (Å²) in [6, 6.07) is 15.3. The molecule has 34 heavy (non-hydrogen) atoms. The number of nitrogens with one attached hydrogen (secondary N) is 2. The van der Waals surface area contributed by atoms with E-state index in [9.17, 15) is 9.59 Å². The molecule has 0 radical (unpaired) electrons. The average Bonchev–Trinajstić information content (AvgIpc) is 3.65. The molecule has 0 saturated heterocycles. The molecule has 2 aromatic carbocycles. The summed E-state index contributed by atoms with van der Waals surface area (Å²) in [7, 11) is 3.94. The molecule has 7 heteroatoms. The van der Waals surface area contributed by atoms with E-state index in [4.69, 9.17) is 5.26 Å². The molecule has 1 aliphatic heterocycles. The predicted octanol–water partition coefficient (Wildman–Crippen LogP) is 3.78. The highest BCUT2D eigenvalue weighted by atomic mass is 16.2. The number of hydrogen-bond donors (Lipinski definition) is 2. The first-order valence-corrected chi connectivity index (χ1v) is 11.9. The van der Waals surface area contributed by atoms with E-state index in [1.54, 1.807) is 19.1 Å². The van der Waals surface area contributed by atoms with Crippen LogP contribution in [0.15, 0.2) is 42.5 Å². The highest BCUT2D eigenvalue weighted by Crippen LogP contribution is 2.50. The van der Waals surface area contributed by atoms with E-state index in [1.165, 1.54) is 0 Å². The van der Waals surface area contributed by atoms with Crippen LogP contribution in [0.2, 0.25) is 0 Å². The topological polar surface area (TPSA) is 88.5 Å². The van der Waals surface area contributed by atoms with Crippen LogP contribution in [0.5, 0.6) is 0 Å². The summed E-state index contributed by atoms with van der Waals surface area (Å²) in [6.07, 6.45) is 2.26. The highest BCUT2D eigenvalue weighted by Gasteiger charge is 2.47. The Labute approximate surface area is 201 Å². The van der Waals surface area contributed by atoms with Crippen molar-refractivity contribution in [2.24, 2.45) is 11.8 Å². The predicted molar refractivity (Wildman–Crippen MR) is 134 cm³/mol. The molecule has 0 spiro atoms. The smallest absolute Gasteiger partial charge is 0.251 e. The molecule has 0 unspecified atom stereocenters. The third-order valence-corrected chi connectivity index (χ3v) is 6.87. The largest absolute Gasteiger partial charge is 0.378 e. The Balaban J connectivity index is 1.71. The van der Waals surface area contributed by atoms with Crippen LogP contribution in [0, 0.1) is 23.2 Å². The number of benzene rings is 2. The van der Waals surface area contributed by atoms with Gasteiger partial charge in [-0.25, -0.2) is 0 Å². The Morgan fingerprint density at radius 1 is 1.15 bits per heavy atom. The first-order valence-electron chi connectivity index (χ1n) is 11.9. The first-order chi connectivity index (χ1) is 16.3. The molecule has 178 valence electrons. The molecule has 4 rings (SSSR count). The fraction of sp³-hybridized carbons (Fsp3) is 0.444. The Kier molecular flexibility index (Phi) is 6.90. The van der Waals surface area contributed by atoms with E-state index in [1.807, 2.05) is 54.2 Å². The summed E-state index contributed by atoms with van der Waals surface area (Å²) in [4.78, 5) is 29.6. The van der Waals surface area contributed by atoms with E-state index in [-0.39, 0.29) is 29.8 Å². The molecule has 0 bridgehead atoms. The summed E-state index contributed by atoms with van der Waals surface area (Å²) in [5, 5.41) is 15.8. The lowest BCUT2D eigenvalue weighted by atomic mass is 9.79. The standard InChI is InChI=1S/C27H33N5O2/c1-17-25(30-22-10-5-19(16-28)6-11-22)23-15-21(27(34)29-13-14-31(3)4)9-12-24(23)32(18(2)33)26(17)20-7-8-20/h5-6,9-12,15,17,20,25-26,30H,7-8,13-14H2,1-4H3,(H,29,34)/t17-,25-,26-/m1/s1. The van der Waals surface area contributed by atoms with E-state index in [0.29, 0.717) is 23.6 Å². The zero-order valence-corrected chi connectivity index (χ0v) is 20.3. The van der Waals surface area contributed by atoms with Gasteiger partial charge in [0.25, 0.3) is 5.91 Å². The van der Waals surface area contributed by atoms with Gasteiger partial charge >= 0.3 is 0 Å². The van der Waals surface area contributed by atoms with Crippen LogP contribution in [-0.2, 0) is 4.79 Å². The summed E-state index contributed by atoms with van der Waals surface area (Å²) in [5.41, 5.74) is 3.93. The van der Waals surface area contributed by atoms with E-state index in [2.05, 4.69) is 23.6 Å². The van der Waals surface area contributed by atoms with Crippen molar-refractivity contribution in [1.82, 2.24) is 10.2 Å². The molecule has 1 aliphatic carbocycles. The summed E-state index contributed by atoms with van der Waals surface area (Å²) in [6.45, 7) is 5.14. The van der Waals surface area contributed by atoms with Gasteiger partial charge in [-0.15, -0.1) is 0 Å². The van der Waals surface area contributed by atoms with Crippen molar-refractivity contribution in [3.05, 3.63) is 59.2 Å². The number of anilines is 2. The Morgan fingerprint density at radius 2 is 1.85 bits per heavy atom. The number of hydrogen-bond acceptors (Lipinski definition) is 5. The molecular formula is C27H33N5O2. The molecule has 2 aliphatic rings. The van der Waals surface area contributed by atoms with Crippen molar-refractivity contribution in [3.8, 4) is 6.07 Å². The van der Waals surface area contributed by atoms with Gasteiger partial charge in [0.1, 0.15) is 0 Å². The van der Waals surface area contributed by atoms with Gasteiger partial charge in [-0.1, -0.05) is 6.92 Å². The number of carbonyl (C=O) groups is 2. The molecule has 1 heterocycles. The molecule has 2 N–H and O–H groups in total. The maximum absolute atomic E-state index is 12.9. The third kappa shape index (κ3) is 4.92. The number of fused-ring (bicyclic) bond motifs is 1. The van der Waals surface area contributed by atoms with E-state index in [0.717, 1.165) is 36.3 Å².